The Morgan fingerprint density at radius 1 is 1.04 bits per heavy atom. The van der Waals surface area contributed by atoms with Gasteiger partial charge < -0.3 is 34.3 Å². The Morgan fingerprint density at radius 2 is 1.83 bits per heavy atom. The van der Waals surface area contributed by atoms with Gasteiger partial charge in [-0.3, -0.25) is 0 Å². The first-order valence-corrected chi connectivity index (χ1v) is 7.00. The second-order valence-corrected chi connectivity index (χ2v) is 5.27. The Bertz CT molecular complexity index is 740. The van der Waals surface area contributed by atoms with Crippen LogP contribution < -0.4 is 10.4 Å². The standard InChI is InChI=1S/C15H16O8/c16-6-10-12(18)13(19)14(20)15(23-10)21-8-2-3-9-7(5-8)1-4-11(17)22-9/h1-5,10,12-16,18-20H,6H2/t10-,12-,13+,14-,15-/m1/s1. The van der Waals surface area contributed by atoms with Crippen LogP contribution in [0.4, 0.5) is 0 Å². The van der Waals surface area contributed by atoms with E-state index in [9.17, 15) is 20.1 Å². The summed E-state index contributed by atoms with van der Waals surface area (Å²) in [5.41, 5.74) is -0.0984. The maximum atomic E-state index is 11.1. The molecule has 1 fully saturated rings. The van der Waals surface area contributed by atoms with E-state index >= 15 is 0 Å². The first-order valence-electron chi connectivity index (χ1n) is 7.00. The van der Waals surface area contributed by atoms with Gasteiger partial charge in [-0.25, -0.2) is 4.79 Å². The van der Waals surface area contributed by atoms with Crippen molar-refractivity contribution in [2.45, 2.75) is 30.7 Å². The van der Waals surface area contributed by atoms with Crippen LogP contribution in [0.3, 0.4) is 0 Å². The summed E-state index contributed by atoms with van der Waals surface area (Å²) in [6.07, 6.45) is -6.75. The Labute approximate surface area is 130 Å². The van der Waals surface area contributed by atoms with Crippen LogP contribution >= 0.6 is 0 Å². The van der Waals surface area contributed by atoms with Crippen molar-refractivity contribution in [2.75, 3.05) is 6.61 Å². The molecule has 5 atom stereocenters. The molecule has 2 aromatic rings. The zero-order valence-corrected chi connectivity index (χ0v) is 11.9. The summed E-state index contributed by atoms with van der Waals surface area (Å²) >= 11 is 0. The molecular formula is C15H16O8. The van der Waals surface area contributed by atoms with Gasteiger partial charge in [0.2, 0.25) is 6.29 Å². The zero-order chi connectivity index (χ0) is 16.6. The Balaban J connectivity index is 1.83. The minimum absolute atomic E-state index is 0.302. The lowest BCUT2D eigenvalue weighted by Crippen LogP contribution is -2.60. The molecule has 0 unspecified atom stereocenters. The molecule has 8 heteroatoms. The van der Waals surface area contributed by atoms with Crippen molar-refractivity contribution in [3.8, 4) is 5.75 Å². The van der Waals surface area contributed by atoms with E-state index in [4.69, 9.17) is 19.0 Å². The number of aliphatic hydroxyl groups is 4. The van der Waals surface area contributed by atoms with Gasteiger partial charge in [-0.1, -0.05) is 0 Å². The maximum Gasteiger partial charge on any atom is 0.336 e. The van der Waals surface area contributed by atoms with Gasteiger partial charge in [0.15, 0.2) is 0 Å². The third kappa shape index (κ3) is 3.07. The third-order valence-corrected chi connectivity index (χ3v) is 3.69. The van der Waals surface area contributed by atoms with E-state index in [2.05, 4.69) is 0 Å². The topological polar surface area (TPSA) is 130 Å². The number of fused-ring (bicyclic) bond motifs is 1. The molecule has 0 saturated carbocycles. The van der Waals surface area contributed by atoms with E-state index in [1.807, 2.05) is 0 Å². The molecule has 0 spiro atoms. The molecule has 0 aliphatic carbocycles. The van der Waals surface area contributed by atoms with Crippen LogP contribution in [0.2, 0.25) is 0 Å². The number of aliphatic hydroxyl groups excluding tert-OH is 4. The van der Waals surface area contributed by atoms with Crippen molar-refractivity contribution >= 4 is 11.0 Å². The minimum Gasteiger partial charge on any atom is -0.462 e. The van der Waals surface area contributed by atoms with Crippen molar-refractivity contribution < 1.29 is 34.3 Å². The lowest BCUT2D eigenvalue weighted by molar-refractivity contribution is -0.277. The fourth-order valence-corrected chi connectivity index (χ4v) is 2.42. The van der Waals surface area contributed by atoms with Crippen molar-refractivity contribution in [2.24, 2.45) is 0 Å². The second kappa shape index (κ2) is 6.26. The molecular weight excluding hydrogens is 308 g/mol. The smallest absolute Gasteiger partial charge is 0.336 e. The quantitative estimate of drug-likeness (QED) is 0.528. The van der Waals surface area contributed by atoms with Gasteiger partial charge in [-0.2, -0.15) is 0 Å². The third-order valence-electron chi connectivity index (χ3n) is 3.69. The average molecular weight is 324 g/mol. The van der Waals surface area contributed by atoms with E-state index < -0.39 is 42.9 Å². The summed E-state index contributed by atoms with van der Waals surface area (Å²) < 4.78 is 15.7. The Morgan fingerprint density at radius 3 is 2.57 bits per heavy atom. The fourth-order valence-electron chi connectivity index (χ4n) is 2.42. The second-order valence-electron chi connectivity index (χ2n) is 5.27. The van der Waals surface area contributed by atoms with Gasteiger partial charge >= 0.3 is 5.63 Å². The van der Waals surface area contributed by atoms with E-state index in [1.165, 1.54) is 18.2 Å². The first kappa shape index (κ1) is 15.9. The molecule has 0 bridgehead atoms. The van der Waals surface area contributed by atoms with Crippen LogP contribution in [0.25, 0.3) is 11.0 Å². The molecule has 0 amide bonds. The number of ether oxygens (including phenoxy) is 2. The molecule has 3 rings (SSSR count). The highest BCUT2D eigenvalue weighted by molar-refractivity contribution is 5.77. The van der Waals surface area contributed by atoms with Crippen LogP contribution in [-0.2, 0) is 4.74 Å². The van der Waals surface area contributed by atoms with Gasteiger partial charge in [-0.15, -0.1) is 0 Å². The highest BCUT2D eigenvalue weighted by atomic mass is 16.7. The molecule has 1 aromatic carbocycles. The molecule has 2 heterocycles. The molecule has 0 radical (unpaired) electrons. The van der Waals surface area contributed by atoms with E-state index in [1.54, 1.807) is 12.1 Å². The van der Waals surface area contributed by atoms with Crippen molar-refractivity contribution in [1.29, 1.82) is 0 Å². The van der Waals surface area contributed by atoms with Crippen molar-refractivity contribution in [3.05, 3.63) is 40.8 Å². The summed E-state index contributed by atoms with van der Waals surface area (Å²) in [7, 11) is 0. The van der Waals surface area contributed by atoms with Gasteiger partial charge in [0.25, 0.3) is 0 Å². The van der Waals surface area contributed by atoms with Crippen LogP contribution in [0.15, 0.2) is 39.5 Å². The minimum atomic E-state index is -1.51. The highest BCUT2D eigenvalue weighted by Crippen LogP contribution is 2.26. The largest absolute Gasteiger partial charge is 0.462 e. The summed E-state index contributed by atoms with van der Waals surface area (Å²) in [4.78, 5) is 11.1. The van der Waals surface area contributed by atoms with Crippen LogP contribution in [-0.4, -0.2) is 57.7 Å². The summed E-state index contributed by atoms with van der Waals surface area (Å²) in [6.45, 7) is -0.534. The van der Waals surface area contributed by atoms with Gasteiger partial charge in [-0.05, 0) is 24.3 Å². The van der Waals surface area contributed by atoms with E-state index in [0.717, 1.165) is 0 Å². The summed E-state index contributed by atoms with van der Waals surface area (Å²) in [6, 6.07) is 7.42. The van der Waals surface area contributed by atoms with E-state index in [-0.39, 0.29) is 0 Å². The molecule has 23 heavy (non-hydrogen) atoms. The number of benzene rings is 1. The number of hydrogen-bond donors (Lipinski definition) is 4. The van der Waals surface area contributed by atoms with Gasteiger partial charge in [0.1, 0.15) is 35.7 Å². The molecule has 124 valence electrons. The molecule has 1 aliphatic rings. The Kier molecular flexibility index (Phi) is 4.33. The summed E-state index contributed by atoms with van der Waals surface area (Å²) in [5.74, 6) is 0.302. The summed E-state index contributed by atoms with van der Waals surface area (Å²) in [5, 5.41) is 39.1. The number of rotatable bonds is 3. The maximum absolute atomic E-state index is 11.1. The van der Waals surface area contributed by atoms with Crippen LogP contribution in [0.1, 0.15) is 0 Å². The van der Waals surface area contributed by atoms with E-state index in [0.29, 0.717) is 16.7 Å². The van der Waals surface area contributed by atoms with Gasteiger partial charge in [0, 0.05) is 11.5 Å². The normalized spacial score (nSPS) is 31.2. The highest BCUT2D eigenvalue weighted by Gasteiger charge is 2.44. The monoisotopic (exact) mass is 324 g/mol. The lowest BCUT2D eigenvalue weighted by atomic mass is 9.99. The SMILES string of the molecule is O=c1ccc2cc(O[C@@H]3O[C@H](CO)[C@@H](O)[C@H](O)[C@H]3O)ccc2o1. The number of hydrogen-bond acceptors (Lipinski definition) is 8. The Hall–Kier alpha value is -1.97. The average Bonchev–Trinajstić information content (AvgIpc) is 2.55. The van der Waals surface area contributed by atoms with Crippen LogP contribution in [0, 0.1) is 0 Å². The predicted molar refractivity (Wildman–Crippen MR) is 76.9 cm³/mol. The fraction of sp³-hybridized carbons (Fsp3) is 0.400. The van der Waals surface area contributed by atoms with Gasteiger partial charge in [0.05, 0.1) is 6.61 Å². The predicted octanol–water partition coefficient (Wildman–Crippen LogP) is -1.03. The van der Waals surface area contributed by atoms with Crippen molar-refractivity contribution in [3.63, 3.8) is 0 Å². The first-order chi connectivity index (χ1) is 11.0. The molecule has 8 nitrogen and oxygen atoms in total. The van der Waals surface area contributed by atoms with Crippen LogP contribution in [0.5, 0.6) is 5.75 Å². The van der Waals surface area contributed by atoms with Crippen molar-refractivity contribution in [1.82, 2.24) is 0 Å². The molecule has 1 aliphatic heterocycles. The molecule has 4 N–H and O–H groups in total. The lowest BCUT2D eigenvalue weighted by Gasteiger charge is -2.39. The molecule has 1 aromatic heterocycles. The molecule has 1 saturated heterocycles. The zero-order valence-electron chi connectivity index (χ0n) is 11.9.